The van der Waals surface area contributed by atoms with Crippen molar-refractivity contribution in [2.24, 2.45) is 16.5 Å². The number of primary amides is 1. The molecule has 202 valence electrons. The standard InChI is InChI=1S/C26H22F5N7O/c1-2-34-19-8-14(6-7-17(19)24(33)39)18-9-22(26(29,30)31)37-23-16(18)4-3-5-21(23)38-12-20(36-13-38)15(10-32)11-35-25(27)28/h3-13,25,34H,2,32H2,1H3,(H2,33,39). The second kappa shape index (κ2) is 10.9. The molecule has 0 radical (unpaired) electrons. The van der Waals surface area contributed by atoms with E-state index < -0.39 is 24.3 Å². The van der Waals surface area contributed by atoms with Crippen molar-refractivity contribution in [3.63, 3.8) is 0 Å². The Morgan fingerprint density at radius 3 is 2.62 bits per heavy atom. The lowest BCUT2D eigenvalue weighted by Gasteiger charge is -2.16. The number of aromatic nitrogens is 3. The summed E-state index contributed by atoms with van der Waals surface area (Å²) < 4.78 is 68.3. The number of hydrogen-bond donors (Lipinski definition) is 3. The van der Waals surface area contributed by atoms with E-state index >= 15 is 0 Å². The van der Waals surface area contributed by atoms with Crippen molar-refractivity contribution in [2.45, 2.75) is 19.6 Å². The van der Waals surface area contributed by atoms with Gasteiger partial charge in [0.1, 0.15) is 5.69 Å². The highest BCUT2D eigenvalue weighted by atomic mass is 19.4. The normalized spacial score (nSPS) is 12.5. The molecular weight excluding hydrogens is 521 g/mol. The average Bonchev–Trinajstić information content (AvgIpc) is 3.37. The highest BCUT2D eigenvalue weighted by Gasteiger charge is 2.34. The molecule has 0 aliphatic heterocycles. The number of anilines is 1. The van der Waals surface area contributed by atoms with Crippen molar-refractivity contribution in [2.75, 3.05) is 11.9 Å². The van der Waals surface area contributed by atoms with Crippen molar-refractivity contribution in [3.8, 4) is 16.8 Å². The Bertz CT molecular complexity index is 1590. The number of nitrogens with two attached hydrogens (primary N) is 2. The number of allylic oxidation sites excluding steroid dienone is 1. The number of alkyl halides is 5. The molecule has 4 rings (SSSR count). The minimum atomic E-state index is -4.77. The summed E-state index contributed by atoms with van der Waals surface area (Å²) in [6.45, 7) is -0.700. The van der Waals surface area contributed by atoms with Crippen LogP contribution in [-0.2, 0) is 6.18 Å². The van der Waals surface area contributed by atoms with Crippen LogP contribution in [-0.4, -0.2) is 39.8 Å². The van der Waals surface area contributed by atoms with Crippen molar-refractivity contribution >= 4 is 34.3 Å². The van der Waals surface area contributed by atoms with E-state index in [0.717, 1.165) is 18.5 Å². The van der Waals surface area contributed by atoms with Crippen LogP contribution in [0.1, 0.15) is 28.7 Å². The number of nitrogens with zero attached hydrogens (tertiary/aromatic N) is 4. The number of pyridine rings is 1. The number of rotatable bonds is 8. The van der Waals surface area contributed by atoms with E-state index in [4.69, 9.17) is 11.5 Å². The fourth-order valence-electron chi connectivity index (χ4n) is 4.02. The van der Waals surface area contributed by atoms with Crippen LogP contribution >= 0.6 is 0 Å². The van der Waals surface area contributed by atoms with Crippen molar-refractivity contribution in [3.05, 3.63) is 78.1 Å². The Hall–Kier alpha value is -4.81. The first-order chi connectivity index (χ1) is 18.5. The van der Waals surface area contributed by atoms with Crippen LogP contribution in [0.2, 0.25) is 0 Å². The van der Waals surface area contributed by atoms with E-state index in [-0.39, 0.29) is 33.6 Å². The molecule has 1 amide bonds. The molecule has 0 saturated carbocycles. The van der Waals surface area contributed by atoms with Crippen LogP contribution < -0.4 is 16.8 Å². The lowest BCUT2D eigenvalue weighted by atomic mass is 9.97. The lowest BCUT2D eigenvalue weighted by molar-refractivity contribution is -0.140. The molecular formula is C26H22F5N7O. The number of nitrogens with one attached hydrogen (secondary N) is 1. The summed E-state index contributed by atoms with van der Waals surface area (Å²) in [6, 6.07) is 10.3. The number of carbonyl (C=O) groups is 1. The van der Waals surface area contributed by atoms with Gasteiger partial charge in [0.15, 0.2) is 0 Å². The summed E-state index contributed by atoms with van der Waals surface area (Å²) in [6.07, 6.45) is -0.156. The highest BCUT2D eigenvalue weighted by Crippen LogP contribution is 2.38. The van der Waals surface area contributed by atoms with E-state index in [1.807, 2.05) is 0 Å². The maximum absolute atomic E-state index is 14.0. The van der Waals surface area contributed by atoms with E-state index in [0.29, 0.717) is 23.2 Å². The molecule has 2 aromatic heterocycles. The number of carbonyl (C=O) groups excluding carboxylic acids is 1. The maximum atomic E-state index is 14.0. The van der Waals surface area contributed by atoms with Gasteiger partial charge in [0, 0.05) is 41.8 Å². The number of imidazole rings is 1. The molecule has 0 saturated heterocycles. The minimum absolute atomic E-state index is 0.00905. The van der Waals surface area contributed by atoms with Crippen LogP contribution in [0, 0.1) is 0 Å². The van der Waals surface area contributed by atoms with E-state index in [1.54, 1.807) is 31.2 Å². The predicted octanol–water partition coefficient (Wildman–Crippen LogP) is 5.23. The van der Waals surface area contributed by atoms with Gasteiger partial charge in [-0.05, 0) is 42.3 Å². The summed E-state index contributed by atoms with van der Waals surface area (Å²) in [4.78, 5) is 22.9. The zero-order valence-corrected chi connectivity index (χ0v) is 20.4. The first-order valence-electron chi connectivity index (χ1n) is 11.5. The molecule has 0 unspecified atom stereocenters. The molecule has 0 fully saturated rings. The Morgan fingerprint density at radius 1 is 1.21 bits per heavy atom. The number of halogens is 5. The second-order valence-electron chi connectivity index (χ2n) is 8.23. The number of fused-ring (bicyclic) bond motifs is 1. The summed E-state index contributed by atoms with van der Waals surface area (Å²) in [5, 5.41) is 3.40. The van der Waals surface area contributed by atoms with Crippen molar-refractivity contribution < 1.29 is 26.7 Å². The second-order valence-corrected chi connectivity index (χ2v) is 8.23. The number of hydrogen-bond acceptors (Lipinski definition) is 6. The van der Waals surface area contributed by atoms with Crippen LogP contribution in [0.15, 0.2) is 66.2 Å². The van der Waals surface area contributed by atoms with Gasteiger partial charge in [-0.3, -0.25) is 4.79 Å². The Kier molecular flexibility index (Phi) is 7.61. The zero-order valence-electron chi connectivity index (χ0n) is 20.4. The highest BCUT2D eigenvalue weighted by molar-refractivity contribution is 6.09. The third-order valence-electron chi connectivity index (χ3n) is 5.73. The summed E-state index contributed by atoms with van der Waals surface area (Å²) in [5.41, 5.74) is 11.6. The molecule has 5 N–H and O–H groups in total. The van der Waals surface area contributed by atoms with Gasteiger partial charge in [-0.15, -0.1) is 0 Å². The van der Waals surface area contributed by atoms with Gasteiger partial charge in [-0.2, -0.15) is 22.0 Å². The number of benzene rings is 2. The molecule has 39 heavy (non-hydrogen) atoms. The van der Waals surface area contributed by atoms with Gasteiger partial charge in [0.25, 0.3) is 5.91 Å². The SMILES string of the molecule is CCNc1cc(-c2cc(C(F)(F)F)nc3c(-n4cnc(C(C=NC(F)F)=CN)c4)cccc23)ccc1C(N)=O. The third-order valence-corrected chi connectivity index (χ3v) is 5.73. The Labute approximate surface area is 218 Å². The van der Waals surface area contributed by atoms with Gasteiger partial charge in [0.2, 0.25) is 0 Å². The summed E-state index contributed by atoms with van der Waals surface area (Å²) in [5.74, 6) is -0.684. The van der Waals surface area contributed by atoms with Gasteiger partial charge < -0.3 is 21.4 Å². The molecule has 0 atom stereocenters. The molecule has 0 spiro atoms. The fourth-order valence-corrected chi connectivity index (χ4v) is 4.02. The van der Waals surface area contributed by atoms with Gasteiger partial charge in [0.05, 0.1) is 28.8 Å². The molecule has 4 aromatic rings. The number of amides is 1. The van der Waals surface area contributed by atoms with Crippen molar-refractivity contribution in [1.82, 2.24) is 14.5 Å². The van der Waals surface area contributed by atoms with Gasteiger partial charge in [-0.1, -0.05) is 18.2 Å². The Balaban J connectivity index is 1.94. The first kappa shape index (κ1) is 27.2. The van der Waals surface area contributed by atoms with Crippen LogP contribution in [0.3, 0.4) is 0 Å². The lowest BCUT2D eigenvalue weighted by Crippen LogP contribution is -2.14. The summed E-state index contributed by atoms with van der Waals surface area (Å²) >= 11 is 0. The summed E-state index contributed by atoms with van der Waals surface area (Å²) in [7, 11) is 0. The number of aliphatic imine (C=N–C) groups is 1. The predicted molar refractivity (Wildman–Crippen MR) is 139 cm³/mol. The molecule has 0 aliphatic carbocycles. The minimum Gasteiger partial charge on any atom is -0.404 e. The first-order valence-corrected chi connectivity index (χ1v) is 11.5. The van der Waals surface area contributed by atoms with Crippen LogP contribution in [0.5, 0.6) is 0 Å². The maximum Gasteiger partial charge on any atom is 0.433 e. The van der Waals surface area contributed by atoms with E-state index in [2.05, 4.69) is 20.3 Å². The molecule has 2 heterocycles. The molecule has 2 aromatic carbocycles. The molecule has 0 aliphatic rings. The third kappa shape index (κ3) is 5.71. The van der Waals surface area contributed by atoms with Gasteiger partial charge >= 0.3 is 12.7 Å². The molecule has 13 heteroatoms. The Morgan fingerprint density at radius 2 is 1.97 bits per heavy atom. The smallest absolute Gasteiger partial charge is 0.404 e. The largest absolute Gasteiger partial charge is 0.433 e. The van der Waals surface area contributed by atoms with Gasteiger partial charge in [-0.25, -0.2) is 15.0 Å². The van der Waals surface area contributed by atoms with Crippen LogP contribution in [0.25, 0.3) is 33.3 Å². The quantitative estimate of drug-likeness (QED) is 0.160. The fraction of sp³-hybridized carbons (Fsp3) is 0.154. The zero-order chi connectivity index (χ0) is 28.3. The van der Waals surface area contributed by atoms with Crippen LogP contribution in [0.4, 0.5) is 27.6 Å². The number of para-hydroxylation sites is 1. The average molecular weight is 544 g/mol. The topological polar surface area (TPSA) is 124 Å². The molecule has 8 nitrogen and oxygen atoms in total. The van der Waals surface area contributed by atoms with E-state index in [9.17, 15) is 26.7 Å². The molecule has 0 bridgehead atoms. The van der Waals surface area contributed by atoms with E-state index in [1.165, 1.54) is 29.2 Å². The monoisotopic (exact) mass is 543 g/mol. The van der Waals surface area contributed by atoms with Crippen molar-refractivity contribution in [1.29, 1.82) is 0 Å².